The van der Waals surface area contributed by atoms with Crippen LogP contribution >= 0.6 is 0 Å². The molecule has 0 aliphatic carbocycles. The molecular formula is C22H9F5. The molecule has 0 atom stereocenters. The third kappa shape index (κ3) is 1.59. The SMILES string of the molecule is FC(F)(F)C(F)(F)c1cc2ccc3ccc4ccc5ccc1c1c5c4c3c21. The fourth-order valence-electron chi connectivity index (χ4n) is 4.58. The first kappa shape index (κ1) is 15.1. The number of alkyl halides is 5. The molecule has 0 heterocycles. The summed E-state index contributed by atoms with van der Waals surface area (Å²) in [6.45, 7) is 0. The zero-order chi connectivity index (χ0) is 18.7. The number of hydrogen-bond acceptors (Lipinski definition) is 0. The van der Waals surface area contributed by atoms with Gasteiger partial charge in [-0.2, -0.15) is 22.0 Å². The Bertz CT molecular complexity index is 1430. The summed E-state index contributed by atoms with van der Waals surface area (Å²) in [6.07, 6.45) is -5.65. The first-order valence-corrected chi connectivity index (χ1v) is 8.41. The Balaban J connectivity index is 1.97. The Morgan fingerprint density at radius 2 is 0.889 bits per heavy atom. The Labute approximate surface area is 148 Å². The molecule has 5 heteroatoms. The molecule has 6 aromatic rings. The Morgan fingerprint density at radius 1 is 0.481 bits per heavy atom. The molecule has 0 aromatic heterocycles. The molecule has 0 radical (unpaired) electrons. The van der Waals surface area contributed by atoms with Gasteiger partial charge in [0, 0.05) is 5.56 Å². The lowest BCUT2D eigenvalue weighted by atomic mass is 9.92. The molecule has 0 bridgehead atoms. The van der Waals surface area contributed by atoms with Crippen LogP contribution in [0.1, 0.15) is 5.56 Å². The highest BCUT2D eigenvalue weighted by atomic mass is 19.4. The number of hydrogen-bond donors (Lipinski definition) is 0. The van der Waals surface area contributed by atoms with Gasteiger partial charge in [-0.25, -0.2) is 0 Å². The molecule has 0 amide bonds. The van der Waals surface area contributed by atoms with Gasteiger partial charge in [-0.15, -0.1) is 0 Å². The van der Waals surface area contributed by atoms with Crippen molar-refractivity contribution in [2.75, 3.05) is 0 Å². The number of benzene rings is 5. The molecule has 0 aliphatic rings. The zero-order valence-electron chi connectivity index (χ0n) is 13.6. The molecular weight excluding hydrogens is 359 g/mol. The minimum Gasteiger partial charge on any atom is -0.191 e. The van der Waals surface area contributed by atoms with Crippen molar-refractivity contribution in [3.05, 3.63) is 60.2 Å². The fraction of sp³-hybridized carbons (Fsp3) is 0.0909. The second-order valence-corrected chi connectivity index (χ2v) is 7.07. The number of rotatable bonds is 1. The molecule has 0 nitrogen and oxygen atoms in total. The Morgan fingerprint density at radius 3 is 1.41 bits per heavy atom. The predicted molar refractivity (Wildman–Crippen MR) is 97.5 cm³/mol. The van der Waals surface area contributed by atoms with Crippen molar-refractivity contribution in [1.82, 2.24) is 0 Å². The van der Waals surface area contributed by atoms with E-state index in [4.69, 9.17) is 0 Å². The molecule has 132 valence electrons. The van der Waals surface area contributed by atoms with E-state index < -0.39 is 17.7 Å². The highest BCUT2D eigenvalue weighted by Crippen LogP contribution is 2.53. The van der Waals surface area contributed by atoms with Crippen LogP contribution < -0.4 is 0 Å². The molecule has 0 saturated carbocycles. The molecule has 0 N–H and O–H groups in total. The smallest absolute Gasteiger partial charge is 0.191 e. The molecule has 0 spiro atoms. The minimum absolute atomic E-state index is 0.0338. The molecule has 0 saturated heterocycles. The maximum Gasteiger partial charge on any atom is 0.458 e. The van der Waals surface area contributed by atoms with E-state index in [0.717, 1.165) is 43.8 Å². The first-order valence-electron chi connectivity index (χ1n) is 8.41. The van der Waals surface area contributed by atoms with Gasteiger partial charge in [0.05, 0.1) is 0 Å². The molecule has 0 fully saturated rings. The molecule has 6 aromatic carbocycles. The van der Waals surface area contributed by atoms with E-state index >= 15 is 0 Å². The van der Waals surface area contributed by atoms with Crippen LogP contribution in [0.2, 0.25) is 0 Å². The van der Waals surface area contributed by atoms with E-state index in [-0.39, 0.29) is 5.39 Å². The van der Waals surface area contributed by atoms with Crippen LogP contribution in [0.25, 0.3) is 53.9 Å². The van der Waals surface area contributed by atoms with Crippen LogP contribution in [0.4, 0.5) is 22.0 Å². The van der Waals surface area contributed by atoms with E-state index in [2.05, 4.69) is 0 Å². The topological polar surface area (TPSA) is 0 Å². The Hall–Kier alpha value is -2.95. The van der Waals surface area contributed by atoms with Crippen LogP contribution in [0.3, 0.4) is 0 Å². The van der Waals surface area contributed by atoms with Crippen molar-refractivity contribution < 1.29 is 22.0 Å². The van der Waals surface area contributed by atoms with Crippen LogP contribution in [0.15, 0.2) is 54.6 Å². The van der Waals surface area contributed by atoms with Crippen molar-refractivity contribution in [3.8, 4) is 0 Å². The third-order valence-electron chi connectivity index (χ3n) is 5.72. The quantitative estimate of drug-likeness (QED) is 0.209. The highest BCUT2D eigenvalue weighted by Gasteiger charge is 2.59. The van der Waals surface area contributed by atoms with Crippen LogP contribution in [-0.2, 0) is 5.92 Å². The van der Waals surface area contributed by atoms with Crippen molar-refractivity contribution in [3.63, 3.8) is 0 Å². The van der Waals surface area contributed by atoms with E-state index in [0.29, 0.717) is 10.8 Å². The number of halogens is 5. The lowest BCUT2D eigenvalue weighted by Gasteiger charge is -2.22. The van der Waals surface area contributed by atoms with E-state index in [9.17, 15) is 22.0 Å². The van der Waals surface area contributed by atoms with Gasteiger partial charge in [0.1, 0.15) is 0 Å². The second kappa shape index (κ2) is 4.30. The lowest BCUT2D eigenvalue weighted by Crippen LogP contribution is -2.33. The lowest BCUT2D eigenvalue weighted by molar-refractivity contribution is -0.288. The van der Waals surface area contributed by atoms with Gasteiger partial charge >= 0.3 is 12.1 Å². The standard InChI is InChI=1S/C22H9F5/c23-21(24,22(25,26)27)15-9-13-6-5-11-2-1-10-3-4-12-7-8-14(15)20-18(12)16(10)17(11)19(13)20/h1-9H. The minimum atomic E-state index is -5.65. The summed E-state index contributed by atoms with van der Waals surface area (Å²) < 4.78 is 68.2. The van der Waals surface area contributed by atoms with Gasteiger partial charge in [0.15, 0.2) is 0 Å². The van der Waals surface area contributed by atoms with Gasteiger partial charge in [-0.3, -0.25) is 0 Å². The van der Waals surface area contributed by atoms with Crippen LogP contribution in [0.5, 0.6) is 0 Å². The van der Waals surface area contributed by atoms with E-state index in [1.807, 2.05) is 24.3 Å². The van der Waals surface area contributed by atoms with E-state index in [1.54, 1.807) is 18.2 Å². The summed E-state index contributed by atoms with van der Waals surface area (Å²) in [4.78, 5) is 0. The third-order valence-corrected chi connectivity index (χ3v) is 5.72. The predicted octanol–water partition coefficient (Wildman–Crippen LogP) is 7.42. The van der Waals surface area contributed by atoms with Gasteiger partial charge in [-0.05, 0) is 59.9 Å². The monoisotopic (exact) mass is 368 g/mol. The first-order chi connectivity index (χ1) is 12.8. The largest absolute Gasteiger partial charge is 0.458 e. The average molecular weight is 368 g/mol. The summed E-state index contributed by atoms with van der Waals surface area (Å²) >= 11 is 0. The molecule has 6 rings (SSSR count). The normalized spacial score (nSPS) is 14.1. The Kier molecular flexibility index (Phi) is 2.41. The summed E-state index contributed by atoms with van der Waals surface area (Å²) in [5, 5.41) is 7.02. The van der Waals surface area contributed by atoms with Crippen molar-refractivity contribution >= 4 is 53.9 Å². The van der Waals surface area contributed by atoms with Crippen LogP contribution in [-0.4, -0.2) is 6.18 Å². The maximum atomic E-state index is 14.4. The van der Waals surface area contributed by atoms with Crippen molar-refractivity contribution in [2.45, 2.75) is 12.1 Å². The molecule has 0 aliphatic heterocycles. The summed E-state index contributed by atoms with van der Waals surface area (Å²) in [5.41, 5.74) is -0.983. The zero-order valence-corrected chi connectivity index (χ0v) is 13.6. The summed E-state index contributed by atoms with van der Waals surface area (Å²) in [6, 6.07) is 15.2. The fourth-order valence-corrected chi connectivity index (χ4v) is 4.58. The van der Waals surface area contributed by atoms with Gasteiger partial charge < -0.3 is 0 Å². The van der Waals surface area contributed by atoms with Gasteiger partial charge in [0.25, 0.3) is 0 Å². The maximum absolute atomic E-state index is 14.4. The van der Waals surface area contributed by atoms with Gasteiger partial charge in [-0.1, -0.05) is 48.5 Å². The van der Waals surface area contributed by atoms with Crippen LogP contribution in [0, 0.1) is 0 Å². The second-order valence-electron chi connectivity index (χ2n) is 7.07. The summed E-state index contributed by atoms with van der Waals surface area (Å²) in [7, 11) is 0. The van der Waals surface area contributed by atoms with E-state index in [1.165, 1.54) is 6.07 Å². The van der Waals surface area contributed by atoms with Crippen molar-refractivity contribution in [2.24, 2.45) is 0 Å². The summed E-state index contributed by atoms with van der Waals surface area (Å²) in [5.74, 6) is -4.92. The van der Waals surface area contributed by atoms with Crippen molar-refractivity contribution in [1.29, 1.82) is 0 Å². The van der Waals surface area contributed by atoms with Gasteiger partial charge in [0.2, 0.25) is 0 Å². The average Bonchev–Trinajstić information content (AvgIpc) is 3.00. The molecule has 0 unspecified atom stereocenters. The highest BCUT2D eigenvalue weighted by molar-refractivity contribution is 6.44. The molecule has 27 heavy (non-hydrogen) atoms.